The predicted octanol–water partition coefficient (Wildman–Crippen LogP) is 4.12. The molecular weight excluding hydrogens is 208 g/mol. The molecule has 1 heteroatoms. The summed E-state index contributed by atoms with van der Waals surface area (Å²) in [5.41, 5.74) is 2.64. The lowest BCUT2D eigenvalue weighted by molar-refractivity contribution is 0.423. The molecule has 0 aliphatic carbocycles. The van der Waals surface area contributed by atoms with Crippen molar-refractivity contribution in [2.45, 2.75) is 58.8 Å². The van der Waals surface area contributed by atoms with Gasteiger partial charge in [-0.25, -0.2) is 0 Å². The SMILES string of the molecule is [C]Cc1cc(C(C)(C)C)c(O)c(C(C)(C)C)c1. The first-order valence-electron chi connectivity index (χ1n) is 6.09. The van der Waals surface area contributed by atoms with Crippen LogP contribution in [0.5, 0.6) is 5.75 Å². The molecule has 0 amide bonds. The van der Waals surface area contributed by atoms with Crippen molar-refractivity contribution in [1.82, 2.24) is 0 Å². The van der Waals surface area contributed by atoms with Crippen LogP contribution in [0.25, 0.3) is 0 Å². The quantitative estimate of drug-likeness (QED) is 0.771. The molecule has 1 nitrogen and oxygen atoms in total. The number of aromatic hydroxyl groups is 1. The molecule has 0 spiro atoms. The van der Waals surface area contributed by atoms with Crippen LogP contribution in [-0.4, -0.2) is 5.11 Å². The van der Waals surface area contributed by atoms with Gasteiger partial charge in [0.05, 0.1) is 0 Å². The molecule has 0 saturated heterocycles. The van der Waals surface area contributed by atoms with Gasteiger partial charge in [0.25, 0.3) is 0 Å². The molecular formula is C16H23O. The number of phenols is 1. The molecule has 93 valence electrons. The Morgan fingerprint density at radius 1 is 0.941 bits per heavy atom. The average Bonchev–Trinajstić information content (AvgIpc) is 2.14. The van der Waals surface area contributed by atoms with Crippen LogP contribution in [-0.2, 0) is 17.3 Å². The number of hydrogen-bond donors (Lipinski definition) is 1. The highest BCUT2D eigenvalue weighted by Gasteiger charge is 2.26. The van der Waals surface area contributed by atoms with Crippen LogP contribution in [0.1, 0.15) is 58.2 Å². The van der Waals surface area contributed by atoms with E-state index in [4.69, 9.17) is 6.92 Å². The van der Waals surface area contributed by atoms with Gasteiger partial charge in [-0.05, 0) is 40.9 Å². The van der Waals surface area contributed by atoms with Crippen LogP contribution in [0.3, 0.4) is 0 Å². The summed E-state index contributed by atoms with van der Waals surface area (Å²) in [5, 5.41) is 10.4. The van der Waals surface area contributed by atoms with E-state index in [1.807, 2.05) is 12.1 Å². The van der Waals surface area contributed by atoms with E-state index in [0.29, 0.717) is 5.75 Å². The molecule has 0 heterocycles. The molecule has 0 atom stereocenters. The second-order valence-electron chi connectivity index (χ2n) is 6.72. The number of benzene rings is 1. The minimum absolute atomic E-state index is 0.102. The first-order valence-corrected chi connectivity index (χ1v) is 6.09. The van der Waals surface area contributed by atoms with Crippen molar-refractivity contribution in [1.29, 1.82) is 0 Å². The lowest BCUT2D eigenvalue weighted by atomic mass is 9.78. The molecule has 3 radical (unpaired) electrons. The smallest absolute Gasteiger partial charge is 0.123 e. The lowest BCUT2D eigenvalue weighted by Gasteiger charge is -2.28. The molecule has 1 aromatic carbocycles. The van der Waals surface area contributed by atoms with Gasteiger partial charge < -0.3 is 5.11 Å². The third-order valence-electron chi connectivity index (χ3n) is 2.99. The Morgan fingerprint density at radius 3 is 1.53 bits per heavy atom. The van der Waals surface area contributed by atoms with Crippen molar-refractivity contribution in [3.63, 3.8) is 0 Å². The van der Waals surface area contributed by atoms with E-state index in [1.54, 1.807) is 0 Å². The zero-order valence-electron chi connectivity index (χ0n) is 11.8. The van der Waals surface area contributed by atoms with Crippen molar-refractivity contribution < 1.29 is 5.11 Å². The summed E-state index contributed by atoms with van der Waals surface area (Å²) in [6.07, 6.45) is 0.256. The predicted molar refractivity (Wildman–Crippen MR) is 72.5 cm³/mol. The highest BCUT2D eigenvalue weighted by molar-refractivity contribution is 5.49. The minimum atomic E-state index is -0.102. The van der Waals surface area contributed by atoms with E-state index in [0.717, 1.165) is 16.7 Å². The van der Waals surface area contributed by atoms with Gasteiger partial charge in [-0.3, -0.25) is 0 Å². The van der Waals surface area contributed by atoms with Gasteiger partial charge in [0, 0.05) is 0 Å². The van der Waals surface area contributed by atoms with Gasteiger partial charge in [0.2, 0.25) is 0 Å². The molecule has 0 saturated carbocycles. The molecule has 1 aromatic rings. The van der Waals surface area contributed by atoms with Crippen molar-refractivity contribution in [2.24, 2.45) is 0 Å². The van der Waals surface area contributed by atoms with Crippen LogP contribution in [0.4, 0.5) is 0 Å². The van der Waals surface area contributed by atoms with Gasteiger partial charge in [0.1, 0.15) is 5.75 Å². The fourth-order valence-electron chi connectivity index (χ4n) is 1.94. The second-order valence-corrected chi connectivity index (χ2v) is 6.72. The monoisotopic (exact) mass is 231 g/mol. The fraction of sp³-hybridized carbons (Fsp3) is 0.562. The summed E-state index contributed by atoms with van der Waals surface area (Å²) < 4.78 is 0. The zero-order chi connectivity index (χ0) is 13.4. The molecule has 0 aliphatic heterocycles. The summed E-state index contributed by atoms with van der Waals surface area (Å²) in [5.74, 6) is 0.391. The Hall–Kier alpha value is -0.980. The zero-order valence-corrected chi connectivity index (χ0v) is 11.8. The molecule has 0 fully saturated rings. The summed E-state index contributed by atoms with van der Waals surface area (Å²) in [7, 11) is 0. The van der Waals surface area contributed by atoms with Gasteiger partial charge in [-0.1, -0.05) is 53.7 Å². The Labute approximate surface area is 106 Å². The first-order chi connectivity index (χ1) is 7.57. The number of phenolic OH excluding ortho intramolecular Hbond substituents is 1. The minimum Gasteiger partial charge on any atom is -0.507 e. The lowest BCUT2D eigenvalue weighted by Crippen LogP contribution is -2.17. The standard InChI is InChI=1S/C16H23O/c1-8-11-9-12(15(2,3)4)14(17)13(10-11)16(5,6)7/h9-10,17H,8H2,2-7H3. The summed E-state index contributed by atoms with van der Waals surface area (Å²) >= 11 is 0. The van der Waals surface area contributed by atoms with E-state index in [-0.39, 0.29) is 17.3 Å². The largest absolute Gasteiger partial charge is 0.507 e. The van der Waals surface area contributed by atoms with Gasteiger partial charge >= 0.3 is 0 Å². The van der Waals surface area contributed by atoms with E-state index in [9.17, 15) is 5.11 Å². The van der Waals surface area contributed by atoms with E-state index in [2.05, 4.69) is 41.5 Å². The summed E-state index contributed by atoms with van der Waals surface area (Å²) in [6.45, 7) is 20.0. The summed E-state index contributed by atoms with van der Waals surface area (Å²) in [4.78, 5) is 0. The third kappa shape index (κ3) is 3.02. The highest BCUT2D eigenvalue weighted by atomic mass is 16.3. The fourth-order valence-corrected chi connectivity index (χ4v) is 1.94. The number of hydrogen-bond acceptors (Lipinski definition) is 1. The van der Waals surface area contributed by atoms with Crippen molar-refractivity contribution in [2.75, 3.05) is 0 Å². The molecule has 0 unspecified atom stereocenters. The molecule has 0 aliphatic rings. The molecule has 0 aromatic heterocycles. The van der Waals surface area contributed by atoms with Crippen molar-refractivity contribution in [3.8, 4) is 5.75 Å². The Balaban J connectivity index is 3.53. The van der Waals surface area contributed by atoms with E-state index < -0.39 is 0 Å². The maximum atomic E-state index is 10.4. The second kappa shape index (κ2) is 4.36. The number of rotatable bonds is 1. The van der Waals surface area contributed by atoms with Crippen LogP contribution in [0, 0.1) is 6.92 Å². The maximum absolute atomic E-state index is 10.4. The average molecular weight is 231 g/mol. The first kappa shape index (κ1) is 14.1. The van der Waals surface area contributed by atoms with Gasteiger partial charge in [-0.2, -0.15) is 0 Å². The normalized spacial score (nSPS) is 12.9. The van der Waals surface area contributed by atoms with Gasteiger partial charge in [-0.15, -0.1) is 0 Å². The highest BCUT2D eigenvalue weighted by Crippen LogP contribution is 2.39. The summed E-state index contributed by atoms with van der Waals surface area (Å²) in [6, 6.07) is 3.91. The topological polar surface area (TPSA) is 20.2 Å². The molecule has 1 rings (SSSR count). The van der Waals surface area contributed by atoms with Crippen molar-refractivity contribution >= 4 is 0 Å². The molecule has 0 bridgehead atoms. The Kier molecular flexibility index (Phi) is 3.61. The Bertz CT molecular complexity index is 368. The molecule has 1 N–H and O–H groups in total. The molecule has 17 heavy (non-hydrogen) atoms. The Morgan fingerprint density at radius 2 is 1.29 bits per heavy atom. The van der Waals surface area contributed by atoms with Crippen molar-refractivity contribution in [3.05, 3.63) is 35.7 Å². The van der Waals surface area contributed by atoms with E-state index >= 15 is 0 Å². The van der Waals surface area contributed by atoms with Crippen LogP contribution >= 0.6 is 0 Å². The maximum Gasteiger partial charge on any atom is 0.123 e. The van der Waals surface area contributed by atoms with E-state index in [1.165, 1.54) is 0 Å². The third-order valence-corrected chi connectivity index (χ3v) is 2.99. The van der Waals surface area contributed by atoms with Gasteiger partial charge in [0.15, 0.2) is 0 Å². The van der Waals surface area contributed by atoms with Crippen LogP contribution in [0.2, 0.25) is 0 Å². The van der Waals surface area contributed by atoms with Crippen LogP contribution in [0.15, 0.2) is 12.1 Å². The van der Waals surface area contributed by atoms with Crippen LogP contribution < -0.4 is 0 Å².